The molecule has 0 fully saturated rings. The molecule has 1 aromatic carbocycles. The van der Waals surface area contributed by atoms with Crippen LogP contribution in [0.1, 0.15) is 43.7 Å². The molecule has 0 radical (unpaired) electrons. The highest BCUT2D eigenvalue weighted by Gasteiger charge is 2.16. The van der Waals surface area contributed by atoms with E-state index < -0.39 is 0 Å². The zero-order valence-electron chi connectivity index (χ0n) is 13.6. The first kappa shape index (κ1) is 16.3. The predicted molar refractivity (Wildman–Crippen MR) is 99.6 cm³/mol. The Hall–Kier alpha value is -2.08. The highest BCUT2D eigenvalue weighted by atomic mass is 14.2. The summed E-state index contributed by atoms with van der Waals surface area (Å²) in [5.74, 6) is 0.630. The van der Waals surface area contributed by atoms with Gasteiger partial charge in [-0.2, -0.15) is 0 Å². The maximum absolute atomic E-state index is 3.82. The van der Waals surface area contributed by atoms with Crippen LogP contribution in [0.4, 0.5) is 0 Å². The Bertz CT molecular complexity index is 583. The van der Waals surface area contributed by atoms with Crippen molar-refractivity contribution in [3.63, 3.8) is 0 Å². The first-order valence-corrected chi connectivity index (χ1v) is 8.14. The van der Waals surface area contributed by atoms with Crippen LogP contribution in [0.3, 0.4) is 0 Å². The molecule has 0 saturated carbocycles. The zero-order valence-corrected chi connectivity index (χ0v) is 13.6. The number of hydrogen-bond donors (Lipinski definition) is 0. The first-order chi connectivity index (χ1) is 10.8. The molecule has 0 amide bonds. The van der Waals surface area contributed by atoms with E-state index in [1.807, 2.05) is 12.2 Å². The Morgan fingerprint density at radius 2 is 1.68 bits per heavy atom. The van der Waals surface area contributed by atoms with E-state index in [4.69, 9.17) is 0 Å². The second-order valence-corrected chi connectivity index (χ2v) is 5.82. The molecule has 0 aliphatic heterocycles. The Kier molecular flexibility index (Phi) is 6.21. The van der Waals surface area contributed by atoms with Crippen molar-refractivity contribution in [3.05, 3.63) is 84.5 Å². The van der Waals surface area contributed by atoms with E-state index in [0.29, 0.717) is 5.92 Å². The third-order valence-electron chi connectivity index (χ3n) is 4.39. The third kappa shape index (κ3) is 4.21. The van der Waals surface area contributed by atoms with Gasteiger partial charge in [0, 0.05) is 0 Å². The second-order valence-electron chi connectivity index (χ2n) is 5.82. The summed E-state index contributed by atoms with van der Waals surface area (Å²) in [5.41, 5.74) is 5.29. The average molecular weight is 290 g/mol. The van der Waals surface area contributed by atoms with Gasteiger partial charge in [0.1, 0.15) is 0 Å². The summed E-state index contributed by atoms with van der Waals surface area (Å²) < 4.78 is 0. The van der Waals surface area contributed by atoms with Crippen LogP contribution >= 0.6 is 0 Å². The van der Waals surface area contributed by atoms with Crippen LogP contribution in [-0.2, 0) is 0 Å². The van der Waals surface area contributed by atoms with E-state index >= 15 is 0 Å². The maximum Gasteiger partial charge on any atom is -0.0153 e. The van der Waals surface area contributed by atoms with Gasteiger partial charge in [-0.3, -0.25) is 0 Å². The first-order valence-electron chi connectivity index (χ1n) is 8.14. The van der Waals surface area contributed by atoms with Crippen molar-refractivity contribution in [1.82, 2.24) is 0 Å². The Labute approximate surface area is 135 Å². The van der Waals surface area contributed by atoms with E-state index in [9.17, 15) is 0 Å². The summed E-state index contributed by atoms with van der Waals surface area (Å²) in [6.45, 7) is 9.88. The average Bonchev–Trinajstić information content (AvgIpc) is 2.84. The largest absolute Gasteiger partial charge is 0.0991 e. The summed E-state index contributed by atoms with van der Waals surface area (Å²) >= 11 is 0. The van der Waals surface area contributed by atoms with Crippen LogP contribution in [-0.4, -0.2) is 0 Å². The molecular weight excluding hydrogens is 264 g/mol. The molecule has 1 aromatic rings. The van der Waals surface area contributed by atoms with Crippen molar-refractivity contribution in [2.24, 2.45) is 5.92 Å². The van der Waals surface area contributed by atoms with E-state index in [1.54, 1.807) is 0 Å². The van der Waals surface area contributed by atoms with E-state index in [0.717, 1.165) is 0 Å². The van der Waals surface area contributed by atoms with Crippen LogP contribution in [0.25, 0.3) is 11.6 Å². The van der Waals surface area contributed by atoms with Gasteiger partial charge in [-0.05, 0) is 60.8 Å². The molecular formula is C22H26. The molecule has 0 heterocycles. The number of hydrogen-bond acceptors (Lipinski definition) is 0. The minimum Gasteiger partial charge on any atom is -0.0991 e. The SMILES string of the molecule is C=C/C=C\C(=C(/C)c1ccc(C=C)cc1)C1CCC=CCC1. The molecule has 0 N–H and O–H groups in total. The smallest absolute Gasteiger partial charge is 0.0153 e. The highest BCUT2D eigenvalue weighted by Crippen LogP contribution is 2.32. The summed E-state index contributed by atoms with van der Waals surface area (Å²) in [5, 5.41) is 0. The number of rotatable bonds is 5. The zero-order chi connectivity index (χ0) is 15.8. The van der Waals surface area contributed by atoms with Crippen molar-refractivity contribution in [2.45, 2.75) is 32.6 Å². The van der Waals surface area contributed by atoms with E-state index in [1.165, 1.54) is 48.0 Å². The standard InChI is InChI=1S/C22H26/c1-4-6-13-22(21-11-9-7-8-10-12-21)18(3)20-16-14-19(5-2)15-17-20/h4-8,13-17,21H,1-2,9-12H2,3H3/b13-6-,22-18-. The molecule has 0 bridgehead atoms. The highest BCUT2D eigenvalue weighted by molar-refractivity contribution is 5.70. The summed E-state index contributed by atoms with van der Waals surface area (Å²) in [7, 11) is 0. The number of benzene rings is 1. The summed E-state index contributed by atoms with van der Waals surface area (Å²) in [4.78, 5) is 0. The van der Waals surface area contributed by atoms with Crippen LogP contribution in [0, 0.1) is 5.92 Å². The van der Waals surface area contributed by atoms with Crippen molar-refractivity contribution in [1.29, 1.82) is 0 Å². The summed E-state index contributed by atoms with van der Waals surface area (Å²) in [6.07, 6.45) is 17.5. The van der Waals surface area contributed by atoms with Gasteiger partial charge in [0.05, 0.1) is 0 Å². The lowest BCUT2D eigenvalue weighted by Crippen LogP contribution is -2.04. The fourth-order valence-electron chi connectivity index (χ4n) is 3.06. The minimum absolute atomic E-state index is 0.630. The Morgan fingerprint density at radius 3 is 2.23 bits per heavy atom. The molecule has 0 atom stereocenters. The van der Waals surface area contributed by atoms with Crippen LogP contribution in [0.15, 0.2) is 73.4 Å². The maximum atomic E-state index is 3.82. The number of allylic oxidation sites excluding steroid dienone is 7. The van der Waals surface area contributed by atoms with Gasteiger partial charge in [-0.1, -0.05) is 73.9 Å². The lowest BCUT2D eigenvalue weighted by molar-refractivity contribution is 0.550. The Balaban J connectivity index is 2.37. The lowest BCUT2D eigenvalue weighted by atomic mass is 9.85. The molecule has 0 heteroatoms. The second kappa shape index (κ2) is 8.38. The molecule has 0 spiro atoms. The van der Waals surface area contributed by atoms with Gasteiger partial charge < -0.3 is 0 Å². The topological polar surface area (TPSA) is 0 Å². The van der Waals surface area contributed by atoms with Crippen LogP contribution in [0.2, 0.25) is 0 Å². The molecule has 0 nitrogen and oxygen atoms in total. The van der Waals surface area contributed by atoms with Gasteiger partial charge in [0.15, 0.2) is 0 Å². The molecule has 0 saturated heterocycles. The molecule has 0 unspecified atom stereocenters. The molecule has 114 valence electrons. The van der Waals surface area contributed by atoms with Crippen molar-refractivity contribution in [3.8, 4) is 0 Å². The minimum atomic E-state index is 0.630. The molecule has 1 aliphatic carbocycles. The monoisotopic (exact) mass is 290 g/mol. The Morgan fingerprint density at radius 1 is 1.05 bits per heavy atom. The lowest BCUT2D eigenvalue weighted by Gasteiger charge is -2.19. The predicted octanol–water partition coefficient (Wildman–Crippen LogP) is 6.59. The molecule has 2 rings (SSSR count). The normalized spacial score (nSPS) is 17.1. The fraction of sp³-hybridized carbons (Fsp3) is 0.273. The van der Waals surface area contributed by atoms with E-state index in [-0.39, 0.29) is 0 Å². The molecule has 22 heavy (non-hydrogen) atoms. The third-order valence-corrected chi connectivity index (χ3v) is 4.39. The van der Waals surface area contributed by atoms with Crippen LogP contribution < -0.4 is 0 Å². The summed E-state index contributed by atoms with van der Waals surface area (Å²) in [6, 6.07) is 8.66. The van der Waals surface area contributed by atoms with Gasteiger partial charge in [-0.25, -0.2) is 0 Å². The van der Waals surface area contributed by atoms with Crippen molar-refractivity contribution < 1.29 is 0 Å². The van der Waals surface area contributed by atoms with Crippen LogP contribution in [0.5, 0.6) is 0 Å². The van der Waals surface area contributed by atoms with Crippen molar-refractivity contribution in [2.75, 3.05) is 0 Å². The van der Waals surface area contributed by atoms with Gasteiger partial charge in [0.2, 0.25) is 0 Å². The van der Waals surface area contributed by atoms with Crippen molar-refractivity contribution >= 4 is 11.6 Å². The van der Waals surface area contributed by atoms with E-state index in [2.05, 4.69) is 68.7 Å². The van der Waals surface area contributed by atoms with Gasteiger partial charge in [-0.15, -0.1) is 0 Å². The van der Waals surface area contributed by atoms with Gasteiger partial charge >= 0.3 is 0 Å². The molecule has 0 aromatic heterocycles. The van der Waals surface area contributed by atoms with Gasteiger partial charge in [0.25, 0.3) is 0 Å². The fourth-order valence-corrected chi connectivity index (χ4v) is 3.06. The molecule has 1 aliphatic rings. The quantitative estimate of drug-likeness (QED) is 0.424.